The van der Waals surface area contributed by atoms with Gasteiger partial charge in [0.25, 0.3) is 5.78 Å². The smallest absolute Gasteiger partial charge is 0.282 e. The quantitative estimate of drug-likeness (QED) is 0.721. The number of carbonyl (C=O) groups excluding carboxylic acids is 1. The van der Waals surface area contributed by atoms with Gasteiger partial charge in [0.2, 0.25) is 0 Å². The molecule has 6 heteroatoms. The first-order chi connectivity index (χ1) is 5.91. The molecule has 70 valence electrons. The zero-order chi connectivity index (χ0) is 10.1. The van der Waals surface area contributed by atoms with Crippen molar-refractivity contribution in [3.8, 4) is 0 Å². The van der Waals surface area contributed by atoms with E-state index in [2.05, 4.69) is 20.9 Å². The number of halogens is 4. The third kappa shape index (κ3) is 2.51. The molecule has 0 bridgehead atoms. The molecule has 0 unspecified atom stereocenters. The Morgan fingerprint density at radius 3 is 2.54 bits per heavy atom. The van der Waals surface area contributed by atoms with E-state index in [0.717, 1.165) is 12.3 Å². The topological polar surface area (TPSA) is 30.0 Å². The number of hydrogen-bond donors (Lipinski definition) is 0. The zero-order valence-electron chi connectivity index (χ0n) is 6.10. The van der Waals surface area contributed by atoms with Crippen LogP contribution >= 0.6 is 15.9 Å². The summed E-state index contributed by atoms with van der Waals surface area (Å²) < 4.78 is 36.0. The van der Waals surface area contributed by atoms with E-state index in [4.69, 9.17) is 0 Å². The Morgan fingerprint density at radius 1 is 1.46 bits per heavy atom. The first kappa shape index (κ1) is 10.2. The molecular weight excluding hydrogens is 251 g/mol. The molecule has 0 spiro atoms. The van der Waals surface area contributed by atoms with E-state index in [1.165, 1.54) is 6.07 Å². The summed E-state index contributed by atoms with van der Waals surface area (Å²) in [6.45, 7) is 0. The van der Waals surface area contributed by atoms with Crippen molar-refractivity contribution in [1.82, 2.24) is 4.98 Å². The molecule has 0 saturated heterocycles. The predicted molar refractivity (Wildman–Crippen MR) is 42.3 cm³/mol. The summed E-state index contributed by atoms with van der Waals surface area (Å²) >= 11 is 2.94. The van der Waals surface area contributed by atoms with E-state index in [-0.39, 0.29) is 0 Å². The van der Waals surface area contributed by atoms with Gasteiger partial charge in [0.05, 0.1) is 0 Å². The molecule has 13 heavy (non-hydrogen) atoms. The van der Waals surface area contributed by atoms with E-state index in [1.54, 1.807) is 0 Å². The average Bonchev–Trinajstić information content (AvgIpc) is 2.01. The van der Waals surface area contributed by atoms with Crippen molar-refractivity contribution in [3.05, 3.63) is 28.5 Å². The van der Waals surface area contributed by atoms with Crippen molar-refractivity contribution < 1.29 is 18.0 Å². The van der Waals surface area contributed by atoms with Crippen molar-refractivity contribution in [2.75, 3.05) is 0 Å². The molecular formula is C7H3BrF3NO. The Bertz CT molecular complexity index is 337. The number of aromatic nitrogens is 1. The molecule has 0 saturated carbocycles. The summed E-state index contributed by atoms with van der Waals surface area (Å²) in [5, 5.41) is 0. The number of carbonyl (C=O) groups is 1. The van der Waals surface area contributed by atoms with Crippen LogP contribution in [-0.4, -0.2) is 16.9 Å². The minimum absolute atomic E-state index is 0.384. The van der Waals surface area contributed by atoms with Crippen molar-refractivity contribution in [3.63, 3.8) is 0 Å². The van der Waals surface area contributed by atoms with Crippen LogP contribution in [0, 0.1) is 0 Å². The van der Waals surface area contributed by atoms with Gasteiger partial charge in [-0.25, -0.2) is 0 Å². The highest BCUT2D eigenvalue weighted by Gasteiger charge is 2.40. The third-order valence-electron chi connectivity index (χ3n) is 1.21. The van der Waals surface area contributed by atoms with Crippen molar-refractivity contribution in [2.45, 2.75) is 6.18 Å². The molecule has 0 radical (unpaired) electrons. The van der Waals surface area contributed by atoms with Crippen LogP contribution < -0.4 is 0 Å². The molecule has 0 fully saturated rings. The molecule has 1 aromatic rings. The first-order valence-electron chi connectivity index (χ1n) is 3.14. The SMILES string of the molecule is O=C(c1cc(Br)ccn1)C(F)(F)F. The highest BCUT2D eigenvalue weighted by atomic mass is 79.9. The summed E-state index contributed by atoms with van der Waals surface area (Å²) in [5.74, 6) is -1.94. The molecule has 0 aromatic carbocycles. The molecule has 0 aliphatic rings. The van der Waals surface area contributed by atoms with Crippen LogP contribution in [-0.2, 0) is 0 Å². The lowest BCUT2D eigenvalue weighted by atomic mass is 10.2. The molecule has 0 aliphatic heterocycles. The highest BCUT2D eigenvalue weighted by Crippen LogP contribution is 2.21. The summed E-state index contributed by atoms with van der Waals surface area (Å²) in [7, 11) is 0. The fourth-order valence-corrected chi connectivity index (χ4v) is 1.01. The third-order valence-corrected chi connectivity index (χ3v) is 1.71. The summed E-state index contributed by atoms with van der Waals surface area (Å²) in [4.78, 5) is 13.9. The number of ketones is 1. The number of hydrogen-bond acceptors (Lipinski definition) is 2. The molecule has 2 nitrogen and oxygen atoms in total. The zero-order valence-corrected chi connectivity index (χ0v) is 7.69. The monoisotopic (exact) mass is 253 g/mol. The molecule has 0 N–H and O–H groups in total. The van der Waals surface area contributed by atoms with E-state index in [1.807, 2.05) is 0 Å². The lowest BCUT2D eigenvalue weighted by Gasteiger charge is -2.03. The lowest BCUT2D eigenvalue weighted by molar-refractivity contribution is -0.0888. The Balaban J connectivity index is 3.03. The molecule has 0 atom stereocenters. The van der Waals surface area contributed by atoms with E-state index in [9.17, 15) is 18.0 Å². The molecule has 0 aliphatic carbocycles. The maximum Gasteiger partial charge on any atom is 0.456 e. The minimum atomic E-state index is -4.87. The standard InChI is InChI=1S/C7H3BrF3NO/c8-4-1-2-12-5(3-4)6(13)7(9,10)11/h1-3H. The van der Waals surface area contributed by atoms with Crippen molar-refractivity contribution in [2.24, 2.45) is 0 Å². The number of nitrogens with zero attached hydrogens (tertiary/aromatic N) is 1. The van der Waals surface area contributed by atoms with Gasteiger partial charge in [-0.15, -0.1) is 0 Å². The number of rotatable bonds is 1. The second-order valence-electron chi connectivity index (χ2n) is 2.19. The van der Waals surface area contributed by atoms with Crippen LogP contribution in [0.2, 0.25) is 0 Å². The van der Waals surface area contributed by atoms with Crippen LogP contribution in [0.3, 0.4) is 0 Å². The molecule has 0 amide bonds. The van der Waals surface area contributed by atoms with Crippen LogP contribution in [0.4, 0.5) is 13.2 Å². The fraction of sp³-hybridized carbons (Fsp3) is 0.143. The number of alkyl halides is 3. The highest BCUT2D eigenvalue weighted by molar-refractivity contribution is 9.10. The number of pyridine rings is 1. The lowest BCUT2D eigenvalue weighted by Crippen LogP contribution is -2.23. The summed E-state index contributed by atoms with van der Waals surface area (Å²) in [6.07, 6.45) is -3.74. The fourth-order valence-electron chi connectivity index (χ4n) is 0.674. The Kier molecular flexibility index (Phi) is 2.70. The maximum atomic E-state index is 11.9. The van der Waals surface area contributed by atoms with E-state index < -0.39 is 17.7 Å². The maximum absolute atomic E-state index is 11.9. The van der Waals surface area contributed by atoms with Crippen molar-refractivity contribution in [1.29, 1.82) is 0 Å². The Labute approximate surface area is 79.9 Å². The predicted octanol–water partition coefficient (Wildman–Crippen LogP) is 2.59. The largest absolute Gasteiger partial charge is 0.456 e. The molecule has 1 rings (SSSR count). The minimum Gasteiger partial charge on any atom is -0.282 e. The van der Waals surface area contributed by atoms with Gasteiger partial charge in [0, 0.05) is 10.7 Å². The van der Waals surface area contributed by atoms with E-state index >= 15 is 0 Å². The van der Waals surface area contributed by atoms with Gasteiger partial charge in [-0.1, -0.05) is 15.9 Å². The number of Topliss-reactive ketones (excluding diaryl/α,β-unsaturated/α-hetero) is 1. The Morgan fingerprint density at radius 2 is 2.08 bits per heavy atom. The van der Waals surface area contributed by atoms with Gasteiger partial charge in [-0.3, -0.25) is 9.78 Å². The van der Waals surface area contributed by atoms with Gasteiger partial charge in [-0.2, -0.15) is 13.2 Å². The molecule has 1 aromatic heterocycles. The van der Waals surface area contributed by atoms with Gasteiger partial charge in [-0.05, 0) is 12.1 Å². The Hall–Kier alpha value is -0.910. The molecule has 1 heterocycles. The van der Waals surface area contributed by atoms with Gasteiger partial charge in [0.15, 0.2) is 0 Å². The van der Waals surface area contributed by atoms with Gasteiger partial charge in [0.1, 0.15) is 5.69 Å². The average molecular weight is 254 g/mol. The van der Waals surface area contributed by atoms with Crippen LogP contribution in [0.15, 0.2) is 22.8 Å². The summed E-state index contributed by atoms with van der Waals surface area (Å²) in [6, 6.07) is 2.46. The van der Waals surface area contributed by atoms with Crippen LogP contribution in [0.5, 0.6) is 0 Å². The van der Waals surface area contributed by atoms with Crippen LogP contribution in [0.1, 0.15) is 10.5 Å². The second kappa shape index (κ2) is 3.45. The normalized spacial score (nSPS) is 11.4. The first-order valence-corrected chi connectivity index (χ1v) is 3.93. The van der Waals surface area contributed by atoms with Crippen molar-refractivity contribution >= 4 is 21.7 Å². The van der Waals surface area contributed by atoms with Gasteiger partial charge >= 0.3 is 6.18 Å². The van der Waals surface area contributed by atoms with Crippen LogP contribution in [0.25, 0.3) is 0 Å². The summed E-state index contributed by atoms with van der Waals surface area (Å²) in [5.41, 5.74) is -0.609. The van der Waals surface area contributed by atoms with E-state index in [0.29, 0.717) is 4.47 Å². The second-order valence-corrected chi connectivity index (χ2v) is 3.10. The van der Waals surface area contributed by atoms with Gasteiger partial charge < -0.3 is 0 Å².